The number of aryl methyl sites for hydroxylation is 3. The molecule has 0 saturated heterocycles. The van der Waals surface area contributed by atoms with Crippen LogP contribution in [-0.4, -0.2) is 47.8 Å². The summed E-state index contributed by atoms with van der Waals surface area (Å²) in [5, 5.41) is 21.9. The van der Waals surface area contributed by atoms with Gasteiger partial charge in [0.25, 0.3) is 0 Å². The number of aliphatic hydroxyl groups excluding tert-OH is 1. The van der Waals surface area contributed by atoms with Crippen LogP contribution in [-0.2, 0) is 13.1 Å². The molecular weight excluding hydrogens is 294 g/mol. The van der Waals surface area contributed by atoms with Crippen LogP contribution in [0.1, 0.15) is 17.8 Å². The lowest BCUT2D eigenvalue weighted by Crippen LogP contribution is -2.10. The lowest BCUT2D eigenvalue weighted by Gasteiger charge is -2.08. The number of anilines is 1. The highest BCUT2D eigenvalue weighted by Gasteiger charge is 2.09. The van der Waals surface area contributed by atoms with E-state index in [1.807, 2.05) is 11.6 Å². The molecule has 8 heteroatoms. The van der Waals surface area contributed by atoms with E-state index in [4.69, 9.17) is 5.11 Å². The third kappa shape index (κ3) is 3.31. The SMILES string of the molecule is Cc1cc(C)n(CCCNc2ncnc3c2cnn3CCO)n1. The normalized spacial score (nSPS) is 11.3. The van der Waals surface area contributed by atoms with E-state index in [0.29, 0.717) is 6.54 Å². The van der Waals surface area contributed by atoms with Crippen molar-refractivity contribution in [3.8, 4) is 0 Å². The molecule has 0 aliphatic heterocycles. The van der Waals surface area contributed by atoms with Crippen LogP contribution >= 0.6 is 0 Å². The molecule has 0 amide bonds. The molecule has 0 radical (unpaired) electrons. The minimum absolute atomic E-state index is 0.0339. The van der Waals surface area contributed by atoms with Crippen LogP contribution in [0.2, 0.25) is 0 Å². The van der Waals surface area contributed by atoms with Crippen molar-refractivity contribution < 1.29 is 5.11 Å². The van der Waals surface area contributed by atoms with Crippen LogP contribution in [0.4, 0.5) is 5.82 Å². The van der Waals surface area contributed by atoms with Crippen molar-refractivity contribution in [3.63, 3.8) is 0 Å². The third-order valence-electron chi connectivity index (χ3n) is 3.69. The Balaban J connectivity index is 1.62. The quantitative estimate of drug-likeness (QED) is 0.635. The minimum atomic E-state index is 0.0339. The van der Waals surface area contributed by atoms with E-state index >= 15 is 0 Å². The van der Waals surface area contributed by atoms with Gasteiger partial charge in [0.15, 0.2) is 5.65 Å². The molecule has 0 aliphatic carbocycles. The average Bonchev–Trinajstić information content (AvgIpc) is 3.08. The van der Waals surface area contributed by atoms with E-state index < -0.39 is 0 Å². The highest BCUT2D eigenvalue weighted by molar-refractivity contribution is 5.85. The van der Waals surface area contributed by atoms with Crippen molar-refractivity contribution in [1.29, 1.82) is 0 Å². The Kier molecular flexibility index (Phi) is 4.52. The molecule has 122 valence electrons. The van der Waals surface area contributed by atoms with Gasteiger partial charge in [-0.1, -0.05) is 0 Å². The first-order chi connectivity index (χ1) is 11.2. The topological polar surface area (TPSA) is 93.7 Å². The Bertz CT molecular complexity index is 792. The van der Waals surface area contributed by atoms with Crippen LogP contribution < -0.4 is 5.32 Å². The van der Waals surface area contributed by atoms with Gasteiger partial charge in [-0.3, -0.25) is 4.68 Å². The molecule has 23 heavy (non-hydrogen) atoms. The van der Waals surface area contributed by atoms with Crippen molar-refractivity contribution in [1.82, 2.24) is 29.5 Å². The number of aliphatic hydroxyl groups is 1. The van der Waals surface area contributed by atoms with Gasteiger partial charge in [-0.2, -0.15) is 10.2 Å². The monoisotopic (exact) mass is 315 g/mol. The van der Waals surface area contributed by atoms with Crippen LogP contribution in [0.3, 0.4) is 0 Å². The molecule has 0 bridgehead atoms. The molecule has 0 unspecified atom stereocenters. The summed E-state index contributed by atoms with van der Waals surface area (Å²) in [6, 6.07) is 2.08. The van der Waals surface area contributed by atoms with Crippen LogP contribution in [0.5, 0.6) is 0 Å². The number of rotatable bonds is 7. The molecule has 2 N–H and O–H groups in total. The Morgan fingerprint density at radius 1 is 1.17 bits per heavy atom. The van der Waals surface area contributed by atoms with E-state index in [1.165, 1.54) is 12.0 Å². The van der Waals surface area contributed by atoms with Crippen LogP contribution in [0, 0.1) is 13.8 Å². The lowest BCUT2D eigenvalue weighted by atomic mass is 10.3. The van der Waals surface area contributed by atoms with Crippen molar-refractivity contribution >= 4 is 16.9 Å². The molecule has 8 nitrogen and oxygen atoms in total. The summed E-state index contributed by atoms with van der Waals surface area (Å²) < 4.78 is 3.70. The standard InChI is InChI=1S/C15H21N7O/c1-11-8-12(2)21(20-11)5-3-4-16-14-13-9-19-22(6-7-23)15(13)18-10-17-14/h8-10,23H,3-7H2,1-2H3,(H,16,17,18). The zero-order valence-corrected chi connectivity index (χ0v) is 13.4. The fraction of sp³-hybridized carbons (Fsp3) is 0.467. The first-order valence-electron chi connectivity index (χ1n) is 7.71. The summed E-state index contributed by atoms with van der Waals surface area (Å²) in [5.74, 6) is 0.771. The molecule has 0 aromatic carbocycles. The lowest BCUT2D eigenvalue weighted by molar-refractivity contribution is 0.271. The zero-order valence-electron chi connectivity index (χ0n) is 13.4. The number of aromatic nitrogens is 6. The Morgan fingerprint density at radius 2 is 2.04 bits per heavy atom. The van der Waals surface area contributed by atoms with Gasteiger partial charge < -0.3 is 10.4 Å². The molecule has 0 fully saturated rings. The second kappa shape index (κ2) is 6.74. The largest absolute Gasteiger partial charge is 0.394 e. The molecule has 0 saturated carbocycles. The highest BCUT2D eigenvalue weighted by atomic mass is 16.3. The van der Waals surface area contributed by atoms with Crippen molar-refractivity contribution in [2.75, 3.05) is 18.5 Å². The van der Waals surface area contributed by atoms with E-state index in [0.717, 1.165) is 42.1 Å². The second-order valence-electron chi connectivity index (χ2n) is 5.48. The van der Waals surface area contributed by atoms with Crippen molar-refractivity contribution in [2.45, 2.75) is 33.4 Å². The summed E-state index contributed by atoms with van der Waals surface area (Å²) in [7, 11) is 0. The van der Waals surface area contributed by atoms with Gasteiger partial charge in [0.1, 0.15) is 12.1 Å². The molecule has 3 heterocycles. The maximum Gasteiger partial charge on any atom is 0.163 e. The summed E-state index contributed by atoms with van der Waals surface area (Å²) in [6.07, 6.45) is 4.19. The summed E-state index contributed by atoms with van der Waals surface area (Å²) in [6.45, 7) is 6.19. The van der Waals surface area contributed by atoms with Gasteiger partial charge in [0, 0.05) is 18.8 Å². The molecule has 3 aromatic heterocycles. The zero-order chi connectivity index (χ0) is 16.2. The number of hydrogen-bond donors (Lipinski definition) is 2. The maximum absolute atomic E-state index is 9.04. The average molecular weight is 315 g/mol. The highest BCUT2D eigenvalue weighted by Crippen LogP contribution is 2.18. The molecule has 3 aromatic rings. The maximum atomic E-state index is 9.04. The first kappa shape index (κ1) is 15.4. The number of hydrogen-bond acceptors (Lipinski definition) is 6. The van der Waals surface area contributed by atoms with E-state index in [9.17, 15) is 0 Å². The van der Waals surface area contributed by atoms with E-state index in [2.05, 4.69) is 38.5 Å². The smallest absolute Gasteiger partial charge is 0.163 e. The fourth-order valence-corrected chi connectivity index (χ4v) is 2.63. The van der Waals surface area contributed by atoms with Crippen molar-refractivity contribution in [3.05, 3.63) is 30.0 Å². The Labute approximate surface area is 134 Å². The van der Waals surface area contributed by atoms with Crippen LogP contribution in [0.25, 0.3) is 11.0 Å². The molecule has 0 spiro atoms. The molecule has 3 rings (SSSR count). The van der Waals surface area contributed by atoms with Gasteiger partial charge in [0.2, 0.25) is 0 Å². The Morgan fingerprint density at radius 3 is 2.78 bits per heavy atom. The van der Waals surface area contributed by atoms with Gasteiger partial charge in [-0.25, -0.2) is 14.6 Å². The number of nitrogens with one attached hydrogen (secondary N) is 1. The van der Waals surface area contributed by atoms with E-state index in [1.54, 1.807) is 10.9 Å². The summed E-state index contributed by atoms with van der Waals surface area (Å²) in [5.41, 5.74) is 2.96. The number of fused-ring (bicyclic) bond motifs is 1. The third-order valence-corrected chi connectivity index (χ3v) is 3.69. The van der Waals surface area contributed by atoms with Gasteiger partial charge in [-0.05, 0) is 26.3 Å². The first-order valence-corrected chi connectivity index (χ1v) is 7.71. The second-order valence-corrected chi connectivity index (χ2v) is 5.48. The van der Waals surface area contributed by atoms with Crippen molar-refractivity contribution in [2.24, 2.45) is 0 Å². The van der Waals surface area contributed by atoms with Gasteiger partial charge in [-0.15, -0.1) is 0 Å². The van der Waals surface area contributed by atoms with Crippen LogP contribution in [0.15, 0.2) is 18.6 Å². The Hall–Kier alpha value is -2.48. The fourth-order valence-electron chi connectivity index (χ4n) is 2.63. The summed E-state index contributed by atoms with van der Waals surface area (Å²) >= 11 is 0. The minimum Gasteiger partial charge on any atom is -0.394 e. The number of nitrogens with zero attached hydrogens (tertiary/aromatic N) is 6. The molecule has 0 atom stereocenters. The van der Waals surface area contributed by atoms with Gasteiger partial charge >= 0.3 is 0 Å². The summed E-state index contributed by atoms with van der Waals surface area (Å²) in [4.78, 5) is 8.52. The molecular formula is C15H21N7O. The van der Waals surface area contributed by atoms with E-state index in [-0.39, 0.29) is 6.61 Å². The predicted molar refractivity (Wildman–Crippen MR) is 87.2 cm³/mol. The molecule has 0 aliphatic rings. The van der Waals surface area contributed by atoms with Gasteiger partial charge in [0.05, 0.1) is 30.4 Å². The predicted octanol–water partition coefficient (Wildman–Crippen LogP) is 1.13.